The van der Waals surface area contributed by atoms with Crippen molar-refractivity contribution in [2.45, 2.75) is 116 Å². The summed E-state index contributed by atoms with van der Waals surface area (Å²) in [5, 5.41) is 0. The summed E-state index contributed by atoms with van der Waals surface area (Å²) in [7, 11) is 0. The number of likely N-dealkylation sites (tertiary alicyclic amines) is 2. The Morgan fingerprint density at radius 3 is 1.63 bits per heavy atom. The van der Waals surface area contributed by atoms with Crippen LogP contribution in [0.1, 0.15) is 105 Å². The summed E-state index contributed by atoms with van der Waals surface area (Å²) < 4.78 is 26.6. The van der Waals surface area contributed by atoms with Crippen LogP contribution in [0.5, 0.6) is 0 Å². The Morgan fingerprint density at radius 1 is 0.694 bits per heavy atom. The summed E-state index contributed by atoms with van der Waals surface area (Å²) in [5.41, 5.74) is 3.49. The molecule has 2 amide bonds. The van der Waals surface area contributed by atoms with Crippen LogP contribution in [0.3, 0.4) is 0 Å². The SMILES string of the molecule is CC1CCC(c2ncc(-c3ccc(-c4ccc(-c5nc(C6CCC(C)N6C(=O)OC(C)(C)C)[nH]c5F)cc4)cc3)[nH]2)N1C(=O)OC(C)(C)C. The van der Waals surface area contributed by atoms with Crippen LogP contribution < -0.4 is 0 Å². The molecule has 2 aromatic carbocycles. The molecule has 10 nitrogen and oxygen atoms in total. The topological polar surface area (TPSA) is 116 Å². The van der Waals surface area contributed by atoms with Gasteiger partial charge in [-0.05, 0) is 97.8 Å². The quantitative estimate of drug-likeness (QED) is 0.219. The van der Waals surface area contributed by atoms with Gasteiger partial charge in [-0.1, -0.05) is 48.5 Å². The number of amides is 2. The first-order valence-corrected chi connectivity index (χ1v) is 17.1. The van der Waals surface area contributed by atoms with Crippen molar-refractivity contribution in [2.24, 2.45) is 0 Å². The molecule has 2 aliphatic heterocycles. The van der Waals surface area contributed by atoms with Crippen molar-refractivity contribution in [3.63, 3.8) is 0 Å². The van der Waals surface area contributed by atoms with E-state index < -0.39 is 23.2 Å². The van der Waals surface area contributed by atoms with E-state index >= 15 is 4.39 Å². The molecule has 2 aromatic heterocycles. The fourth-order valence-corrected chi connectivity index (χ4v) is 6.78. The number of H-pyrrole nitrogens is 2. The van der Waals surface area contributed by atoms with Crippen LogP contribution in [0.15, 0.2) is 54.7 Å². The van der Waals surface area contributed by atoms with E-state index in [1.807, 2.05) is 104 Å². The largest absolute Gasteiger partial charge is 0.444 e. The molecule has 11 heteroatoms. The van der Waals surface area contributed by atoms with Crippen molar-refractivity contribution >= 4 is 12.2 Å². The Hall–Kier alpha value is -4.67. The number of benzene rings is 2. The highest BCUT2D eigenvalue weighted by molar-refractivity contribution is 5.73. The summed E-state index contributed by atoms with van der Waals surface area (Å²) in [6.07, 6.45) is 4.22. The monoisotopic (exact) mass is 670 g/mol. The maximum Gasteiger partial charge on any atom is 0.411 e. The van der Waals surface area contributed by atoms with E-state index in [0.717, 1.165) is 47.5 Å². The Bertz CT molecular complexity index is 1800. The highest BCUT2D eigenvalue weighted by atomic mass is 19.1. The van der Waals surface area contributed by atoms with Crippen molar-refractivity contribution in [1.29, 1.82) is 0 Å². The first-order chi connectivity index (χ1) is 23.1. The first kappa shape index (κ1) is 34.2. The zero-order valence-corrected chi connectivity index (χ0v) is 29.6. The summed E-state index contributed by atoms with van der Waals surface area (Å²) in [5.74, 6) is 0.638. The Balaban J connectivity index is 1.15. The minimum absolute atomic E-state index is 0.0388. The lowest BCUT2D eigenvalue weighted by Gasteiger charge is -2.30. The van der Waals surface area contributed by atoms with Crippen LogP contribution >= 0.6 is 0 Å². The van der Waals surface area contributed by atoms with Gasteiger partial charge in [-0.2, -0.15) is 4.39 Å². The molecule has 2 aliphatic rings. The predicted octanol–water partition coefficient (Wildman–Crippen LogP) is 9.19. The van der Waals surface area contributed by atoms with Gasteiger partial charge in [0, 0.05) is 17.6 Å². The second-order valence-electron chi connectivity index (χ2n) is 15.3. The summed E-state index contributed by atoms with van der Waals surface area (Å²) >= 11 is 0. The molecule has 0 saturated carbocycles. The lowest BCUT2D eigenvalue weighted by Crippen LogP contribution is -2.40. The average molecular weight is 671 g/mol. The van der Waals surface area contributed by atoms with Crippen LogP contribution in [-0.4, -0.2) is 65.2 Å². The number of hydrogen-bond acceptors (Lipinski definition) is 6. The smallest absolute Gasteiger partial charge is 0.411 e. The second-order valence-corrected chi connectivity index (χ2v) is 15.3. The molecule has 2 saturated heterocycles. The number of hydrogen-bond donors (Lipinski definition) is 2. The van der Waals surface area contributed by atoms with E-state index in [0.29, 0.717) is 17.8 Å². The molecule has 2 N–H and O–H groups in total. The lowest BCUT2D eigenvalue weighted by molar-refractivity contribution is 0.0140. The standard InChI is InChI=1S/C38H47FN6O4/c1-22-9-19-29(44(22)35(46)48-37(3,4)5)33-40-21-28(41-33)26-15-11-24(12-16-26)25-13-17-27(18-14-25)31-32(39)43-34(42-31)30-20-10-23(2)45(30)36(47)49-38(6,7)8/h11-18,21-23,29-30H,9-10,19-20H2,1-8H3,(H,40,41)(H,42,43). The number of carbonyl (C=O) groups excluding carboxylic acids is 2. The van der Waals surface area contributed by atoms with Gasteiger partial charge in [-0.3, -0.25) is 9.80 Å². The van der Waals surface area contributed by atoms with Crippen LogP contribution in [0, 0.1) is 5.95 Å². The second kappa shape index (κ2) is 13.0. The van der Waals surface area contributed by atoms with Gasteiger partial charge < -0.3 is 19.4 Å². The summed E-state index contributed by atoms with van der Waals surface area (Å²) in [6, 6.07) is 15.2. The Morgan fingerprint density at radius 2 is 1.14 bits per heavy atom. The van der Waals surface area contributed by atoms with Crippen molar-refractivity contribution in [3.8, 4) is 33.6 Å². The van der Waals surface area contributed by atoms with Gasteiger partial charge in [0.25, 0.3) is 0 Å². The van der Waals surface area contributed by atoms with E-state index in [2.05, 4.69) is 19.9 Å². The molecule has 260 valence electrons. The molecule has 0 spiro atoms. The molecule has 4 aromatic rings. The van der Waals surface area contributed by atoms with E-state index in [-0.39, 0.29) is 36.0 Å². The first-order valence-electron chi connectivity index (χ1n) is 17.1. The number of halogens is 1. The minimum Gasteiger partial charge on any atom is -0.444 e. The number of rotatable bonds is 5. The molecule has 6 rings (SSSR count). The van der Waals surface area contributed by atoms with Crippen LogP contribution in [0.4, 0.5) is 14.0 Å². The highest BCUT2D eigenvalue weighted by Gasteiger charge is 2.41. The maximum atomic E-state index is 15.2. The molecular formula is C38H47FN6O4. The third kappa shape index (κ3) is 7.35. The molecule has 2 fully saturated rings. The van der Waals surface area contributed by atoms with Crippen molar-refractivity contribution in [2.75, 3.05) is 0 Å². The van der Waals surface area contributed by atoms with Gasteiger partial charge in [0.2, 0.25) is 5.95 Å². The average Bonchev–Trinajstić information content (AvgIpc) is 3.81. The van der Waals surface area contributed by atoms with E-state index in [1.54, 1.807) is 16.0 Å². The number of ether oxygens (including phenoxy) is 2. The van der Waals surface area contributed by atoms with Crippen LogP contribution in [-0.2, 0) is 9.47 Å². The fraction of sp³-hybridized carbons (Fsp3) is 0.474. The molecule has 49 heavy (non-hydrogen) atoms. The third-order valence-corrected chi connectivity index (χ3v) is 9.14. The van der Waals surface area contributed by atoms with E-state index in [1.165, 1.54) is 0 Å². The third-order valence-electron chi connectivity index (χ3n) is 9.14. The fourth-order valence-electron chi connectivity index (χ4n) is 6.78. The number of nitrogens with zero attached hydrogens (tertiary/aromatic N) is 4. The molecule has 0 radical (unpaired) electrons. The zero-order chi connectivity index (χ0) is 35.2. The Labute approximate surface area is 287 Å². The molecule has 4 atom stereocenters. The maximum absolute atomic E-state index is 15.2. The molecular weight excluding hydrogens is 623 g/mol. The van der Waals surface area contributed by atoms with E-state index in [9.17, 15) is 9.59 Å². The van der Waals surface area contributed by atoms with Gasteiger partial charge in [-0.25, -0.2) is 19.6 Å². The van der Waals surface area contributed by atoms with Crippen molar-refractivity contribution in [1.82, 2.24) is 29.7 Å². The number of aromatic amines is 2. The van der Waals surface area contributed by atoms with Gasteiger partial charge in [0.05, 0.1) is 24.0 Å². The molecule has 0 bridgehead atoms. The van der Waals surface area contributed by atoms with E-state index in [4.69, 9.17) is 9.47 Å². The van der Waals surface area contributed by atoms with Crippen molar-refractivity contribution < 1.29 is 23.5 Å². The van der Waals surface area contributed by atoms with Crippen LogP contribution in [0.2, 0.25) is 0 Å². The summed E-state index contributed by atoms with van der Waals surface area (Å²) in [6.45, 7) is 15.1. The van der Waals surface area contributed by atoms with Crippen molar-refractivity contribution in [3.05, 3.63) is 72.3 Å². The molecule has 4 heterocycles. The van der Waals surface area contributed by atoms with Gasteiger partial charge in [0.15, 0.2) is 0 Å². The lowest BCUT2D eigenvalue weighted by atomic mass is 10.0. The summed E-state index contributed by atoms with van der Waals surface area (Å²) in [4.78, 5) is 44.9. The predicted molar refractivity (Wildman–Crippen MR) is 186 cm³/mol. The number of imidazole rings is 2. The molecule has 4 unspecified atom stereocenters. The highest BCUT2D eigenvalue weighted by Crippen LogP contribution is 2.39. The Kier molecular flexibility index (Phi) is 9.06. The zero-order valence-electron chi connectivity index (χ0n) is 29.6. The normalized spacial score (nSPS) is 21.3. The van der Waals surface area contributed by atoms with Gasteiger partial charge >= 0.3 is 12.2 Å². The van der Waals surface area contributed by atoms with Crippen LogP contribution in [0.25, 0.3) is 33.6 Å². The van der Waals surface area contributed by atoms with Gasteiger partial charge in [-0.15, -0.1) is 0 Å². The number of aromatic nitrogens is 4. The number of nitrogens with one attached hydrogen (secondary N) is 2. The number of carbonyl (C=O) groups is 2. The molecule has 0 aliphatic carbocycles. The minimum atomic E-state index is -0.630. The van der Waals surface area contributed by atoms with Gasteiger partial charge in [0.1, 0.15) is 28.5 Å².